The summed E-state index contributed by atoms with van der Waals surface area (Å²) in [6.07, 6.45) is 63.7. The molecule has 2 unspecified atom stereocenters. The van der Waals surface area contributed by atoms with Crippen molar-refractivity contribution in [2.75, 3.05) is 13.2 Å². The zero-order valence-corrected chi connectivity index (χ0v) is 40.1. The number of ether oxygens (including phenoxy) is 1. The first kappa shape index (κ1) is 58.6. The second-order valence-electron chi connectivity index (χ2n) is 17.5. The number of unbranched alkanes of at least 4 members (excludes halogenated alkanes) is 28. The minimum absolute atomic E-state index is 0.0341. The van der Waals surface area contributed by atoms with Crippen molar-refractivity contribution in [1.29, 1.82) is 0 Å². The first-order valence-corrected chi connectivity index (χ1v) is 26.1. The van der Waals surface area contributed by atoms with Crippen molar-refractivity contribution >= 4 is 11.9 Å². The molecule has 61 heavy (non-hydrogen) atoms. The molecular formula is C55H99NO5. The Morgan fingerprint density at radius 3 is 1.33 bits per heavy atom. The lowest BCUT2D eigenvalue weighted by molar-refractivity contribution is -0.143. The van der Waals surface area contributed by atoms with Crippen LogP contribution in [0.5, 0.6) is 0 Å². The summed E-state index contributed by atoms with van der Waals surface area (Å²) >= 11 is 0. The van der Waals surface area contributed by atoms with Gasteiger partial charge in [0.25, 0.3) is 0 Å². The third-order valence-electron chi connectivity index (χ3n) is 11.5. The third kappa shape index (κ3) is 46.9. The van der Waals surface area contributed by atoms with Gasteiger partial charge in [0.05, 0.1) is 25.4 Å². The van der Waals surface area contributed by atoms with E-state index < -0.39 is 12.1 Å². The summed E-state index contributed by atoms with van der Waals surface area (Å²) in [5.74, 6) is -0.184. The molecule has 2 atom stereocenters. The molecule has 0 saturated heterocycles. The van der Waals surface area contributed by atoms with E-state index in [1.807, 2.05) is 12.2 Å². The molecule has 1 amide bonds. The second-order valence-corrected chi connectivity index (χ2v) is 17.5. The highest BCUT2D eigenvalue weighted by Crippen LogP contribution is 2.15. The van der Waals surface area contributed by atoms with Gasteiger partial charge in [0.2, 0.25) is 5.91 Å². The number of carbonyl (C=O) groups is 2. The molecule has 0 aromatic carbocycles. The third-order valence-corrected chi connectivity index (χ3v) is 11.5. The molecule has 0 radical (unpaired) electrons. The maximum absolute atomic E-state index is 12.4. The summed E-state index contributed by atoms with van der Waals surface area (Å²) in [6.45, 7) is 4.78. The van der Waals surface area contributed by atoms with E-state index in [-0.39, 0.29) is 18.5 Å². The molecule has 3 N–H and O–H groups in total. The quantitative estimate of drug-likeness (QED) is 0.0322. The van der Waals surface area contributed by atoms with Crippen LogP contribution in [0.3, 0.4) is 0 Å². The van der Waals surface area contributed by atoms with E-state index in [0.717, 1.165) is 64.2 Å². The van der Waals surface area contributed by atoms with Crippen LogP contribution in [0, 0.1) is 0 Å². The number of hydrogen-bond acceptors (Lipinski definition) is 5. The lowest BCUT2D eigenvalue weighted by Gasteiger charge is -2.19. The summed E-state index contributed by atoms with van der Waals surface area (Å²) in [4.78, 5) is 24.4. The van der Waals surface area contributed by atoms with E-state index >= 15 is 0 Å². The number of allylic oxidation sites excluding steroid dienone is 9. The van der Waals surface area contributed by atoms with Crippen molar-refractivity contribution in [1.82, 2.24) is 5.32 Å². The van der Waals surface area contributed by atoms with Gasteiger partial charge in [0.1, 0.15) is 0 Å². The van der Waals surface area contributed by atoms with Crippen LogP contribution in [0.15, 0.2) is 60.8 Å². The molecule has 0 aromatic heterocycles. The van der Waals surface area contributed by atoms with Crippen molar-refractivity contribution in [3.8, 4) is 0 Å². The molecule has 0 heterocycles. The Balaban J connectivity index is 3.61. The van der Waals surface area contributed by atoms with Crippen LogP contribution in [0.4, 0.5) is 0 Å². The van der Waals surface area contributed by atoms with Gasteiger partial charge in [-0.05, 0) is 77.0 Å². The maximum Gasteiger partial charge on any atom is 0.305 e. The van der Waals surface area contributed by atoms with E-state index in [1.165, 1.54) is 154 Å². The fraction of sp³-hybridized carbons (Fsp3) is 0.782. The van der Waals surface area contributed by atoms with Gasteiger partial charge in [-0.3, -0.25) is 9.59 Å². The predicted molar refractivity (Wildman–Crippen MR) is 264 cm³/mol. The Kier molecular flexibility index (Phi) is 48.2. The van der Waals surface area contributed by atoms with Gasteiger partial charge in [-0.1, -0.05) is 222 Å². The first-order chi connectivity index (χ1) is 30.0. The number of rotatable bonds is 47. The summed E-state index contributed by atoms with van der Waals surface area (Å²) in [6, 6.07) is -0.674. The largest absolute Gasteiger partial charge is 0.466 e. The predicted octanol–water partition coefficient (Wildman–Crippen LogP) is 15.6. The average Bonchev–Trinajstić information content (AvgIpc) is 3.26. The molecule has 0 spiro atoms. The minimum atomic E-state index is -0.881. The van der Waals surface area contributed by atoms with Crippen molar-refractivity contribution < 1.29 is 24.5 Å². The van der Waals surface area contributed by atoms with Crippen LogP contribution in [0.2, 0.25) is 0 Å². The van der Waals surface area contributed by atoms with Gasteiger partial charge in [-0.25, -0.2) is 0 Å². The number of esters is 1. The second kappa shape index (κ2) is 50.2. The molecule has 6 nitrogen and oxygen atoms in total. The summed E-state index contributed by atoms with van der Waals surface area (Å²) in [7, 11) is 0. The summed E-state index contributed by atoms with van der Waals surface area (Å²) in [5, 5.41) is 23.0. The van der Waals surface area contributed by atoms with Crippen molar-refractivity contribution in [2.45, 2.75) is 264 Å². The first-order valence-electron chi connectivity index (χ1n) is 26.1. The number of nitrogens with one attached hydrogen (secondary N) is 1. The van der Waals surface area contributed by atoms with Crippen LogP contribution in [-0.2, 0) is 14.3 Å². The number of aliphatic hydroxyl groups excluding tert-OH is 2. The molecule has 0 saturated carbocycles. The van der Waals surface area contributed by atoms with E-state index in [1.54, 1.807) is 6.08 Å². The molecule has 0 aromatic rings. The highest BCUT2D eigenvalue weighted by atomic mass is 16.5. The zero-order valence-electron chi connectivity index (χ0n) is 40.1. The van der Waals surface area contributed by atoms with Crippen LogP contribution in [-0.4, -0.2) is 47.4 Å². The molecule has 0 rings (SSSR count). The van der Waals surface area contributed by atoms with Gasteiger partial charge >= 0.3 is 5.97 Å². The maximum atomic E-state index is 12.4. The van der Waals surface area contributed by atoms with Gasteiger partial charge in [0.15, 0.2) is 0 Å². The van der Waals surface area contributed by atoms with Crippen LogP contribution in [0.1, 0.15) is 251 Å². The van der Waals surface area contributed by atoms with E-state index in [4.69, 9.17) is 4.74 Å². The standard InChI is InChI=1S/C55H99NO5/c1-3-5-7-9-11-13-15-17-19-20-21-23-27-31-35-39-43-47-53(58)52(51-57)56-54(59)48-44-40-36-32-28-24-22-26-30-34-38-42-46-50-61-55(60)49-45-41-37-33-29-25-18-16-14-12-10-8-6-4-2/h10,12,16,18,24,28,36,40,43,47,52-53,57-58H,3-9,11,13-15,17,19-23,25-27,29-35,37-39,41-42,44-46,48-51H2,1-2H3,(H,56,59)/b12-10-,18-16-,28-24-,40-36-,47-43+. The molecule has 6 heteroatoms. The molecule has 0 aliphatic carbocycles. The Morgan fingerprint density at radius 2 is 0.852 bits per heavy atom. The van der Waals surface area contributed by atoms with Crippen molar-refractivity contribution in [3.05, 3.63) is 60.8 Å². The number of aliphatic hydroxyl groups is 2. The Labute approximate surface area is 378 Å². The Morgan fingerprint density at radius 1 is 0.459 bits per heavy atom. The van der Waals surface area contributed by atoms with Crippen LogP contribution in [0.25, 0.3) is 0 Å². The normalized spacial score (nSPS) is 13.2. The zero-order chi connectivity index (χ0) is 44.4. The minimum Gasteiger partial charge on any atom is -0.466 e. The Hall–Kier alpha value is -2.44. The monoisotopic (exact) mass is 854 g/mol. The molecular weight excluding hydrogens is 755 g/mol. The van der Waals surface area contributed by atoms with Gasteiger partial charge in [0, 0.05) is 12.8 Å². The Bertz CT molecular complexity index is 1080. The van der Waals surface area contributed by atoms with Gasteiger partial charge in [-0.15, -0.1) is 0 Å². The summed E-state index contributed by atoms with van der Waals surface area (Å²) in [5.41, 5.74) is 0. The lowest BCUT2D eigenvalue weighted by Crippen LogP contribution is -2.45. The topological polar surface area (TPSA) is 95.9 Å². The van der Waals surface area contributed by atoms with Crippen molar-refractivity contribution in [3.63, 3.8) is 0 Å². The number of hydrogen-bond donors (Lipinski definition) is 3. The number of amides is 1. The van der Waals surface area contributed by atoms with E-state index in [0.29, 0.717) is 25.9 Å². The fourth-order valence-corrected chi connectivity index (χ4v) is 7.46. The molecule has 0 bridgehead atoms. The van der Waals surface area contributed by atoms with Gasteiger partial charge in [-0.2, -0.15) is 0 Å². The lowest BCUT2D eigenvalue weighted by atomic mass is 10.0. The van der Waals surface area contributed by atoms with Crippen LogP contribution < -0.4 is 5.32 Å². The average molecular weight is 854 g/mol. The fourth-order valence-electron chi connectivity index (χ4n) is 7.46. The van der Waals surface area contributed by atoms with Crippen LogP contribution >= 0.6 is 0 Å². The molecule has 0 aliphatic heterocycles. The molecule has 354 valence electrons. The highest BCUT2D eigenvalue weighted by Gasteiger charge is 2.17. The van der Waals surface area contributed by atoms with E-state index in [2.05, 4.69) is 61.7 Å². The van der Waals surface area contributed by atoms with Gasteiger partial charge < -0.3 is 20.3 Å². The smallest absolute Gasteiger partial charge is 0.305 e. The highest BCUT2D eigenvalue weighted by molar-refractivity contribution is 5.76. The molecule has 0 fully saturated rings. The van der Waals surface area contributed by atoms with Crippen molar-refractivity contribution in [2.24, 2.45) is 0 Å². The van der Waals surface area contributed by atoms with E-state index in [9.17, 15) is 19.8 Å². The SMILES string of the molecule is CCCC/C=C\C/C=C\CCCCCCCC(=O)OCCCCCCCC/C=C\C/C=C\CCC(=O)NC(CO)C(O)/C=C/CCCCCCCCCCCCCCCCC. The molecule has 0 aliphatic rings. The number of carbonyl (C=O) groups excluding carboxylic acids is 2. The summed E-state index contributed by atoms with van der Waals surface area (Å²) < 4.78 is 5.44.